The molecule has 0 aliphatic heterocycles. The van der Waals surface area contributed by atoms with E-state index in [1.54, 1.807) is 6.07 Å². The van der Waals surface area contributed by atoms with Crippen molar-refractivity contribution in [1.29, 1.82) is 0 Å². The highest BCUT2D eigenvalue weighted by molar-refractivity contribution is 6.33. The van der Waals surface area contributed by atoms with Gasteiger partial charge in [0.2, 0.25) is 5.91 Å². The van der Waals surface area contributed by atoms with Gasteiger partial charge in [0.15, 0.2) is 0 Å². The second kappa shape index (κ2) is 13.0. The Labute approximate surface area is 150 Å². The van der Waals surface area contributed by atoms with Gasteiger partial charge < -0.3 is 15.0 Å². The normalized spacial score (nSPS) is 9.86. The van der Waals surface area contributed by atoms with Crippen LogP contribution in [-0.4, -0.2) is 43.7 Å². The van der Waals surface area contributed by atoms with E-state index in [1.165, 1.54) is 0 Å². The number of carbonyl (C=O) groups is 1. The molecule has 1 aromatic carbocycles. The Morgan fingerprint density at radius 2 is 1.91 bits per heavy atom. The molecule has 22 heavy (non-hydrogen) atoms. The molecule has 0 aliphatic carbocycles. The summed E-state index contributed by atoms with van der Waals surface area (Å²) in [5, 5.41) is 3.33. The zero-order valence-electron chi connectivity index (χ0n) is 13.2. The molecule has 1 aromatic rings. The summed E-state index contributed by atoms with van der Waals surface area (Å²) in [4.78, 5) is 14.0. The summed E-state index contributed by atoms with van der Waals surface area (Å²) in [6, 6.07) is 5.52. The summed E-state index contributed by atoms with van der Waals surface area (Å²) in [6.45, 7) is 9.54. The lowest BCUT2D eigenvalue weighted by Gasteiger charge is -2.17. The lowest BCUT2D eigenvalue weighted by Crippen LogP contribution is -2.28. The number of rotatable bonds is 8. The third-order valence-electron chi connectivity index (χ3n) is 3.17. The van der Waals surface area contributed by atoms with E-state index in [0.717, 1.165) is 25.2 Å². The fraction of sp³-hybridized carbons (Fsp3) is 0.533. The van der Waals surface area contributed by atoms with Crippen LogP contribution in [0.2, 0.25) is 5.02 Å². The molecule has 0 saturated heterocycles. The molecule has 0 fully saturated rings. The van der Waals surface area contributed by atoms with Crippen molar-refractivity contribution in [2.24, 2.45) is 0 Å². The van der Waals surface area contributed by atoms with E-state index < -0.39 is 0 Å². The Kier molecular flexibility index (Phi) is 14.0. The van der Waals surface area contributed by atoms with E-state index in [2.05, 4.69) is 24.1 Å². The molecule has 0 aliphatic rings. The third-order valence-corrected chi connectivity index (χ3v) is 3.48. The van der Waals surface area contributed by atoms with Gasteiger partial charge in [-0.2, -0.15) is 0 Å². The molecular weight excluding hydrogens is 347 g/mol. The molecule has 0 unspecified atom stereocenters. The van der Waals surface area contributed by atoms with Crippen molar-refractivity contribution in [3.05, 3.63) is 28.8 Å². The first-order chi connectivity index (χ1) is 9.58. The topological polar surface area (TPSA) is 41.6 Å². The molecule has 1 N–H and O–H groups in total. The molecule has 0 radical (unpaired) electrons. The SMILES string of the molecule is CCN(CC)CCOCC(=O)Nc1c(C)cccc1Cl.Cl.Cl. The van der Waals surface area contributed by atoms with Crippen LogP contribution < -0.4 is 5.32 Å². The number of halogens is 3. The average Bonchev–Trinajstić information content (AvgIpc) is 2.43. The van der Waals surface area contributed by atoms with Crippen LogP contribution in [0.3, 0.4) is 0 Å². The highest BCUT2D eigenvalue weighted by atomic mass is 35.5. The first kappa shape index (κ1) is 23.7. The van der Waals surface area contributed by atoms with Gasteiger partial charge in [0, 0.05) is 6.54 Å². The van der Waals surface area contributed by atoms with Gasteiger partial charge in [-0.15, -0.1) is 24.8 Å². The molecule has 0 spiro atoms. The highest BCUT2D eigenvalue weighted by Crippen LogP contribution is 2.24. The van der Waals surface area contributed by atoms with Crippen molar-refractivity contribution in [1.82, 2.24) is 4.90 Å². The van der Waals surface area contributed by atoms with Gasteiger partial charge in [-0.1, -0.05) is 37.6 Å². The fourth-order valence-electron chi connectivity index (χ4n) is 1.86. The van der Waals surface area contributed by atoms with E-state index in [9.17, 15) is 4.79 Å². The fourth-order valence-corrected chi connectivity index (χ4v) is 2.13. The van der Waals surface area contributed by atoms with Gasteiger partial charge in [-0.05, 0) is 31.6 Å². The number of hydrogen-bond acceptors (Lipinski definition) is 3. The lowest BCUT2D eigenvalue weighted by atomic mass is 10.2. The van der Waals surface area contributed by atoms with E-state index in [4.69, 9.17) is 16.3 Å². The van der Waals surface area contributed by atoms with Crippen LogP contribution in [-0.2, 0) is 9.53 Å². The molecular formula is C15H25Cl3N2O2. The summed E-state index contributed by atoms with van der Waals surface area (Å²) in [6.07, 6.45) is 0. The van der Waals surface area contributed by atoms with Crippen LogP contribution >= 0.6 is 36.4 Å². The van der Waals surface area contributed by atoms with Crippen LogP contribution in [0.25, 0.3) is 0 Å². The standard InChI is InChI=1S/C15H23ClN2O2.2ClH/c1-4-18(5-2)9-10-20-11-14(19)17-15-12(3)7-6-8-13(15)16;;/h6-8H,4-5,9-11H2,1-3H3,(H,17,19);2*1H. The molecule has 0 bridgehead atoms. The summed E-state index contributed by atoms with van der Waals surface area (Å²) in [5.41, 5.74) is 1.60. The van der Waals surface area contributed by atoms with E-state index in [0.29, 0.717) is 17.3 Å². The monoisotopic (exact) mass is 370 g/mol. The van der Waals surface area contributed by atoms with Crippen molar-refractivity contribution in [2.75, 3.05) is 38.2 Å². The molecule has 128 valence electrons. The minimum absolute atomic E-state index is 0. The van der Waals surface area contributed by atoms with Crippen LogP contribution in [0.4, 0.5) is 5.69 Å². The Hall–Kier alpha value is -0.520. The quantitative estimate of drug-likeness (QED) is 0.707. The molecule has 0 saturated carbocycles. The summed E-state index contributed by atoms with van der Waals surface area (Å²) >= 11 is 6.05. The Bertz CT molecular complexity index is 421. The number of ether oxygens (including phenoxy) is 1. The van der Waals surface area contributed by atoms with Crippen molar-refractivity contribution >= 4 is 48.0 Å². The van der Waals surface area contributed by atoms with Crippen molar-refractivity contribution in [3.8, 4) is 0 Å². The maximum atomic E-state index is 11.8. The number of nitrogens with zero attached hydrogens (tertiary/aromatic N) is 1. The minimum atomic E-state index is -0.180. The molecule has 1 amide bonds. The van der Waals surface area contributed by atoms with Gasteiger partial charge in [-0.3, -0.25) is 4.79 Å². The van der Waals surface area contributed by atoms with Gasteiger partial charge in [-0.25, -0.2) is 0 Å². The molecule has 1 rings (SSSR count). The van der Waals surface area contributed by atoms with Gasteiger partial charge in [0.1, 0.15) is 6.61 Å². The summed E-state index contributed by atoms with van der Waals surface area (Å²) in [5.74, 6) is -0.180. The Morgan fingerprint density at radius 1 is 1.27 bits per heavy atom. The number of hydrogen-bond donors (Lipinski definition) is 1. The number of amides is 1. The molecule has 0 atom stereocenters. The number of likely N-dealkylation sites (N-methyl/N-ethyl adjacent to an activating group) is 1. The minimum Gasteiger partial charge on any atom is -0.370 e. The maximum absolute atomic E-state index is 11.8. The number of aryl methyl sites for hydroxylation is 1. The smallest absolute Gasteiger partial charge is 0.250 e. The van der Waals surface area contributed by atoms with Gasteiger partial charge >= 0.3 is 0 Å². The number of carbonyl (C=O) groups excluding carboxylic acids is 1. The third kappa shape index (κ3) is 8.20. The second-order valence-electron chi connectivity index (χ2n) is 4.56. The van der Waals surface area contributed by atoms with Gasteiger partial charge in [0.25, 0.3) is 0 Å². The van der Waals surface area contributed by atoms with E-state index in [1.807, 2.05) is 19.1 Å². The molecule has 4 nitrogen and oxygen atoms in total. The van der Waals surface area contributed by atoms with E-state index >= 15 is 0 Å². The summed E-state index contributed by atoms with van der Waals surface area (Å²) < 4.78 is 5.38. The molecule has 7 heteroatoms. The summed E-state index contributed by atoms with van der Waals surface area (Å²) in [7, 11) is 0. The first-order valence-corrected chi connectivity index (χ1v) is 7.31. The van der Waals surface area contributed by atoms with Gasteiger partial charge in [0.05, 0.1) is 17.3 Å². The van der Waals surface area contributed by atoms with Crippen LogP contribution in [0.1, 0.15) is 19.4 Å². The Balaban J connectivity index is 0. The van der Waals surface area contributed by atoms with Crippen LogP contribution in [0, 0.1) is 6.92 Å². The zero-order valence-corrected chi connectivity index (χ0v) is 15.6. The predicted octanol–water partition coefficient (Wildman–Crippen LogP) is 3.79. The maximum Gasteiger partial charge on any atom is 0.250 e. The second-order valence-corrected chi connectivity index (χ2v) is 4.97. The number of anilines is 1. The number of para-hydroxylation sites is 1. The molecule has 0 heterocycles. The van der Waals surface area contributed by atoms with Crippen LogP contribution in [0.5, 0.6) is 0 Å². The number of nitrogens with one attached hydrogen (secondary N) is 1. The highest BCUT2D eigenvalue weighted by Gasteiger charge is 2.08. The van der Waals surface area contributed by atoms with E-state index in [-0.39, 0.29) is 37.3 Å². The average molecular weight is 372 g/mol. The number of benzene rings is 1. The van der Waals surface area contributed by atoms with Crippen molar-refractivity contribution in [2.45, 2.75) is 20.8 Å². The van der Waals surface area contributed by atoms with Crippen LogP contribution in [0.15, 0.2) is 18.2 Å². The lowest BCUT2D eigenvalue weighted by molar-refractivity contribution is -0.120. The predicted molar refractivity (Wildman–Crippen MR) is 97.9 cm³/mol. The molecule has 0 aromatic heterocycles. The zero-order chi connectivity index (χ0) is 15.0. The Morgan fingerprint density at radius 3 is 2.45 bits per heavy atom. The largest absolute Gasteiger partial charge is 0.370 e. The van der Waals surface area contributed by atoms with Crippen molar-refractivity contribution in [3.63, 3.8) is 0 Å². The first-order valence-electron chi connectivity index (χ1n) is 6.93. The van der Waals surface area contributed by atoms with Crippen molar-refractivity contribution < 1.29 is 9.53 Å².